The molecule has 0 radical (unpaired) electrons. The van der Waals surface area contributed by atoms with Crippen molar-refractivity contribution in [3.05, 3.63) is 35.9 Å². The first-order valence-electron chi connectivity index (χ1n) is 4.60. The second kappa shape index (κ2) is 5.78. The van der Waals surface area contributed by atoms with Gasteiger partial charge in [0.1, 0.15) is 0 Å². The van der Waals surface area contributed by atoms with Crippen molar-refractivity contribution < 1.29 is 19.1 Å². The molecular formula is C9H9Cl3NO4P. The number of hydrogen-bond donors (Lipinski definition) is 3. The van der Waals surface area contributed by atoms with Crippen molar-refractivity contribution in [2.45, 2.75) is 9.58 Å². The van der Waals surface area contributed by atoms with Crippen LogP contribution in [0.3, 0.4) is 0 Å². The lowest BCUT2D eigenvalue weighted by Crippen LogP contribution is -2.43. The third-order valence-corrected chi connectivity index (χ3v) is 4.25. The van der Waals surface area contributed by atoms with Crippen LogP contribution in [0.15, 0.2) is 30.3 Å². The molecule has 0 spiro atoms. The fraction of sp³-hybridized carbons (Fsp3) is 0.222. The Morgan fingerprint density at radius 3 is 2.11 bits per heavy atom. The van der Waals surface area contributed by atoms with Crippen molar-refractivity contribution in [1.29, 1.82) is 0 Å². The van der Waals surface area contributed by atoms with Crippen LogP contribution in [0.5, 0.6) is 0 Å². The molecule has 0 aromatic heterocycles. The Bertz CT molecular complexity index is 470. The SMILES string of the molecule is O=C(NC(C(Cl)(Cl)Cl)P(=O)(O)O)c1ccccc1. The average Bonchev–Trinajstić information content (AvgIpc) is 2.23. The highest BCUT2D eigenvalue weighted by atomic mass is 35.6. The fourth-order valence-electron chi connectivity index (χ4n) is 1.15. The summed E-state index contributed by atoms with van der Waals surface area (Å²) < 4.78 is 8.86. The van der Waals surface area contributed by atoms with Gasteiger partial charge in [-0.15, -0.1) is 0 Å². The average molecular weight is 333 g/mol. The molecular weight excluding hydrogens is 323 g/mol. The lowest BCUT2D eigenvalue weighted by atomic mass is 10.2. The van der Waals surface area contributed by atoms with Crippen LogP contribution in [-0.4, -0.2) is 25.3 Å². The van der Waals surface area contributed by atoms with Crippen LogP contribution in [0.1, 0.15) is 10.4 Å². The third-order valence-electron chi connectivity index (χ3n) is 1.95. The van der Waals surface area contributed by atoms with Crippen molar-refractivity contribution in [2.75, 3.05) is 0 Å². The Labute approximate surface area is 118 Å². The third kappa shape index (κ3) is 4.43. The van der Waals surface area contributed by atoms with E-state index in [4.69, 9.17) is 44.6 Å². The number of rotatable bonds is 3. The topological polar surface area (TPSA) is 86.6 Å². The molecule has 18 heavy (non-hydrogen) atoms. The summed E-state index contributed by atoms with van der Waals surface area (Å²) in [6, 6.07) is 7.80. The van der Waals surface area contributed by atoms with Gasteiger partial charge in [-0.2, -0.15) is 0 Å². The first kappa shape index (κ1) is 15.8. The molecule has 0 saturated carbocycles. The summed E-state index contributed by atoms with van der Waals surface area (Å²) >= 11 is 16.3. The number of alkyl halides is 3. The van der Waals surface area contributed by atoms with Crippen LogP contribution in [0.2, 0.25) is 0 Å². The maximum Gasteiger partial charge on any atom is 0.352 e. The molecule has 0 saturated heterocycles. The van der Waals surface area contributed by atoms with Gasteiger partial charge in [0.05, 0.1) is 0 Å². The summed E-state index contributed by atoms with van der Waals surface area (Å²) in [4.78, 5) is 29.8. The van der Waals surface area contributed by atoms with Gasteiger partial charge in [-0.1, -0.05) is 53.0 Å². The summed E-state index contributed by atoms with van der Waals surface area (Å²) in [5.74, 6) is -2.65. The van der Waals surface area contributed by atoms with E-state index in [2.05, 4.69) is 0 Å². The summed E-state index contributed by atoms with van der Waals surface area (Å²) in [5.41, 5.74) is 0.199. The van der Waals surface area contributed by atoms with E-state index in [1.165, 1.54) is 12.1 Å². The van der Waals surface area contributed by atoms with Crippen molar-refractivity contribution in [3.63, 3.8) is 0 Å². The van der Waals surface area contributed by atoms with E-state index in [1.807, 2.05) is 5.32 Å². The molecule has 1 rings (SSSR count). The molecule has 9 heteroatoms. The van der Waals surface area contributed by atoms with E-state index < -0.39 is 23.1 Å². The Morgan fingerprint density at radius 2 is 1.72 bits per heavy atom. The van der Waals surface area contributed by atoms with Gasteiger partial charge in [0, 0.05) is 5.56 Å². The van der Waals surface area contributed by atoms with E-state index >= 15 is 0 Å². The monoisotopic (exact) mass is 331 g/mol. The van der Waals surface area contributed by atoms with Crippen molar-refractivity contribution >= 4 is 48.3 Å². The molecule has 1 aromatic carbocycles. The highest BCUT2D eigenvalue weighted by Crippen LogP contribution is 2.50. The predicted molar refractivity (Wildman–Crippen MR) is 70.0 cm³/mol. The molecule has 3 N–H and O–H groups in total. The van der Waals surface area contributed by atoms with Crippen molar-refractivity contribution in [3.8, 4) is 0 Å². The summed E-state index contributed by atoms with van der Waals surface area (Å²) in [5, 5.41) is 2.02. The second-order valence-electron chi connectivity index (χ2n) is 3.37. The standard InChI is InChI=1S/C9H9Cl3NO4P/c10-9(11,12)8(18(15,16)17)13-7(14)6-4-2-1-3-5-6/h1-5,8H,(H,13,14)(H2,15,16,17). The molecule has 0 aliphatic rings. The second-order valence-corrected chi connectivity index (χ2v) is 7.44. The van der Waals surface area contributed by atoms with E-state index in [1.54, 1.807) is 18.2 Å². The molecule has 0 heterocycles. The van der Waals surface area contributed by atoms with Gasteiger partial charge in [-0.05, 0) is 12.1 Å². The molecule has 100 valence electrons. The minimum absolute atomic E-state index is 0.199. The quantitative estimate of drug-likeness (QED) is 0.585. The first-order chi connectivity index (χ1) is 8.12. The molecule has 0 fully saturated rings. The van der Waals surface area contributed by atoms with Gasteiger partial charge in [-0.3, -0.25) is 9.36 Å². The van der Waals surface area contributed by atoms with Crippen LogP contribution in [0.25, 0.3) is 0 Å². The van der Waals surface area contributed by atoms with E-state index in [-0.39, 0.29) is 5.56 Å². The van der Waals surface area contributed by atoms with Gasteiger partial charge in [-0.25, -0.2) is 0 Å². The lowest BCUT2D eigenvalue weighted by Gasteiger charge is -2.25. The van der Waals surface area contributed by atoms with E-state index in [0.29, 0.717) is 0 Å². The van der Waals surface area contributed by atoms with Crippen LogP contribution in [0.4, 0.5) is 0 Å². The van der Waals surface area contributed by atoms with Gasteiger partial charge >= 0.3 is 7.60 Å². The van der Waals surface area contributed by atoms with Crippen molar-refractivity contribution in [1.82, 2.24) is 5.32 Å². The first-order valence-corrected chi connectivity index (χ1v) is 7.42. The minimum atomic E-state index is -4.80. The maximum absolute atomic E-state index is 11.7. The Morgan fingerprint density at radius 1 is 1.22 bits per heavy atom. The highest BCUT2D eigenvalue weighted by molar-refractivity contribution is 7.53. The summed E-state index contributed by atoms with van der Waals surface area (Å²) in [6.07, 6.45) is 0. The lowest BCUT2D eigenvalue weighted by molar-refractivity contribution is 0.0943. The summed E-state index contributed by atoms with van der Waals surface area (Å²) in [7, 11) is -4.80. The molecule has 0 bridgehead atoms. The Hall–Kier alpha value is -0.290. The number of carbonyl (C=O) groups is 1. The molecule has 1 unspecified atom stereocenters. The zero-order chi connectivity index (χ0) is 14.0. The number of amides is 1. The minimum Gasteiger partial charge on any atom is -0.334 e. The molecule has 1 amide bonds. The maximum atomic E-state index is 11.7. The molecule has 1 atom stereocenters. The van der Waals surface area contributed by atoms with Gasteiger partial charge in [0.2, 0.25) is 3.79 Å². The molecule has 5 nitrogen and oxygen atoms in total. The van der Waals surface area contributed by atoms with Crippen molar-refractivity contribution in [2.24, 2.45) is 0 Å². The van der Waals surface area contributed by atoms with Crippen LogP contribution >= 0.6 is 42.4 Å². The zero-order valence-electron chi connectivity index (χ0n) is 8.76. The molecule has 1 aromatic rings. The molecule has 0 aliphatic heterocycles. The number of halogens is 3. The number of hydrogen-bond acceptors (Lipinski definition) is 2. The van der Waals surface area contributed by atoms with Crippen LogP contribution < -0.4 is 5.32 Å². The fourth-order valence-corrected chi connectivity index (χ4v) is 3.13. The Balaban J connectivity index is 2.93. The van der Waals surface area contributed by atoms with Crippen LogP contribution in [0, 0.1) is 0 Å². The van der Waals surface area contributed by atoms with Gasteiger partial charge in [0.25, 0.3) is 5.91 Å². The predicted octanol–water partition coefficient (Wildman–Crippen LogP) is 2.29. The largest absolute Gasteiger partial charge is 0.352 e. The molecule has 0 aliphatic carbocycles. The van der Waals surface area contributed by atoms with Gasteiger partial charge in [0.15, 0.2) is 5.78 Å². The summed E-state index contributed by atoms with van der Waals surface area (Å²) in [6.45, 7) is 0. The number of benzene rings is 1. The normalized spacial score (nSPS) is 14.1. The van der Waals surface area contributed by atoms with E-state index in [9.17, 15) is 9.36 Å². The number of nitrogens with one attached hydrogen (secondary N) is 1. The van der Waals surface area contributed by atoms with E-state index in [0.717, 1.165) is 0 Å². The Kier molecular flexibility index (Phi) is 5.06. The smallest absolute Gasteiger partial charge is 0.334 e. The zero-order valence-corrected chi connectivity index (χ0v) is 11.9. The van der Waals surface area contributed by atoms with Gasteiger partial charge < -0.3 is 15.1 Å². The van der Waals surface area contributed by atoms with Crippen LogP contribution in [-0.2, 0) is 4.57 Å². The number of carbonyl (C=O) groups excluding carboxylic acids is 1. The highest BCUT2D eigenvalue weighted by Gasteiger charge is 2.46.